The molecular formula is C5H10ClNO2. The van der Waals surface area contributed by atoms with Crippen molar-refractivity contribution in [2.75, 3.05) is 12.6 Å². The molecule has 0 atom stereocenters. The second-order valence-electron chi connectivity index (χ2n) is 1.43. The molecule has 0 aromatic carbocycles. The molecule has 0 aromatic rings. The van der Waals surface area contributed by atoms with Crippen LogP contribution in [-0.2, 0) is 9.63 Å². The minimum absolute atomic E-state index is 0.0865. The maximum absolute atomic E-state index is 10.5. The first kappa shape index (κ1) is 8.72. The zero-order valence-electron chi connectivity index (χ0n) is 5.56. The number of amides is 1. The monoisotopic (exact) mass is 151 g/mol. The van der Waals surface area contributed by atoms with E-state index in [2.05, 4.69) is 0 Å². The van der Waals surface area contributed by atoms with Gasteiger partial charge in [-0.3, -0.25) is 9.63 Å². The summed E-state index contributed by atoms with van der Waals surface area (Å²) in [5.41, 5.74) is 0. The highest BCUT2D eigenvalue weighted by atomic mass is 35.5. The molecule has 0 unspecified atom stereocenters. The van der Waals surface area contributed by atoms with E-state index in [4.69, 9.17) is 16.4 Å². The SMILES string of the molecule is CCON(CCl)C(C)=O. The van der Waals surface area contributed by atoms with Crippen molar-refractivity contribution in [2.24, 2.45) is 0 Å². The third kappa shape index (κ3) is 3.32. The van der Waals surface area contributed by atoms with Gasteiger partial charge >= 0.3 is 0 Å². The molecule has 0 aliphatic heterocycles. The Kier molecular flexibility index (Phi) is 4.44. The highest BCUT2D eigenvalue weighted by Crippen LogP contribution is 1.92. The van der Waals surface area contributed by atoms with Crippen molar-refractivity contribution in [1.82, 2.24) is 5.06 Å². The minimum Gasteiger partial charge on any atom is -0.273 e. The second-order valence-corrected chi connectivity index (χ2v) is 1.67. The number of nitrogens with zero attached hydrogens (tertiary/aromatic N) is 1. The van der Waals surface area contributed by atoms with Gasteiger partial charge in [0.05, 0.1) is 6.61 Å². The topological polar surface area (TPSA) is 29.5 Å². The number of alkyl halides is 1. The van der Waals surface area contributed by atoms with E-state index >= 15 is 0 Å². The molecule has 54 valence electrons. The third-order valence-electron chi connectivity index (χ3n) is 0.745. The lowest BCUT2D eigenvalue weighted by Gasteiger charge is -2.14. The molecule has 0 aromatic heterocycles. The van der Waals surface area contributed by atoms with Gasteiger partial charge in [0.15, 0.2) is 0 Å². The fourth-order valence-corrected chi connectivity index (χ4v) is 0.603. The van der Waals surface area contributed by atoms with Crippen LogP contribution in [0.25, 0.3) is 0 Å². The second kappa shape index (κ2) is 4.58. The van der Waals surface area contributed by atoms with Crippen LogP contribution in [0.15, 0.2) is 0 Å². The van der Waals surface area contributed by atoms with Gasteiger partial charge in [-0.2, -0.15) is 0 Å². The number of rotatable bonds is 3. The number of carbonyl (C=O) groups excluding carboxylic acids is 1. The molecule has 0 rings (SSSR count). The Morgan fingerprint density at radius 1 is 1.78 bits per heavy atom. The Labute approximate surface area is 59.5 Å². The van der Waals surface area contributed by atoms with Crippen LogP contribution in [0.1, 0.15) is 13.8 Å². The fourth-order valence-electron chi connectivity index (χ4n) is 0.365. The van der Waals surface area contributed by atoms with Crippen molar-refractivity contribution in [2.45, 2.75) is 13.8 Å². The summed E-state index contributed by atoms with van der Waals surface area (Å²) in [4.78, 5) is 15.3. The molecule has 9 heavy (non-hydrogen) atoms. The van der Waals surface area contributed by atoms with Crippen molar-refractivity contribution in [3.8, 4) is 0 Å². The van der Waals surface area contributed by atoms with E-state index in [0.29, 0.717) is 6.61 Å². The average Bonchev–Trinajstić information content (AvgIpc) is 1.82. The number of halogens is 1. The predicted molar refractivity (Wildman–Crippen MR) is 34.9 cm³/mol. The fraction of sp³-hybridized carbons (Fsp3) is 0.800. The molecule has 0 saturated heterocycles. The molecule has 1 amide bonds. The van der Waals surface area contributed by atoms with E-state index in [1.807, 2.05) is 0 Å². The zero-order chi connectivity index (χ0) is 7.28. The number of hydrogen-bond acceptors (Lipinski definition) is 2. The van der Waals surface area contributed by atoms with Crippen LogP contribution in [0.3, 0.4) is 0 Å². The average molecular weight is 152 g/mol. The lowest BCUT2D eigenvalue weighted by atomic mass is 10.7. The van der Waals surface area contributed by atoms with Crippen molar-refractivity contribution >= 4 is 17.5 Å². The Bertz CT molecular complexity index is 97.0. The standard InChI is InChI=1S/C5H10ClNO2/c1-3-9-7(4-6)5(2)8/h3-4H2,1-2H3. The highest BCUT2D eigenvalue weighted by molar-refractivity contribution is 6.18. The van der Waals surface area contributed by atoms with Gasteiger partial charge in [-0.1, -0.05) is 0 Å². The van der Waals surface area contributed by atoms with Crippen LogP contribution in [0.4, 0.5) is 0 Å². The molecule has 0 aliphatic carbocycles. The quantitative estimate of drug-likeness (QED) is 0.342. The van der Waals surface area contributed by atoms with E-state index in [-0.39, 0.29) is 11.9 Å². The van der Waals surface area contributed by atoms with Gasteiger partial charge in [-0.25, -0.2) is 5.06 Å². The van der Waals surface area contributed by atoms with Gasteiger partial charge in [0, 0.05) is 6.92 Å². The molecule has 0 heterocycles. The van der Waals surface area contributed by atoms with Gasteiger partial charge in [0.25, 0.3) is 0 Å². The van der Waals surface area contributed by atoms with Crippen LogP contribution in [0.2, 0.25) is 0 Å². The number of carbonyl (C=O) groups is 1. The lowest BCUT2D eigenvalue weighted by molar-refractivity contribution is -0.176. The molecule has 0 saturated carbocycles. The largest absolute Gasteiger partial charge is 0.273 e. The van der Waals surface area contributed by atoms with E-state index in [1.54, 1.807) is 6.92 Å². The lowest BCUT2D eigenvalue weighted by Crippen LogP contribution is -2.27. The van der Waals surface area contributed by atoms with Crippen LogP contribution in [0, 0.1) is 0 Å². The van der Waals surface area contributed by atoms with E-state index in [0.717, 1.165) is 5.06 Å². The predicted octanol–water partition coefficient (Wildman–Crippen LogP) is 0.983. The third-order valence-corrected chi connectivity index (χ3v) is 0.962. The van der Waals surface area contributed by atoms with Gasteiger partial charge in [0.1, 0.15) is 6.00 Å². The van der Waals surface area contributed by atoms with Gasteiger partial charge < -0.3 is 0 Å². The molecule has 4 heteroatoms. The zero-order valence-corrected chi connectivity index (χ0v) is 6.31. The first-order chi connectivity index (χ1) is 4.22. The van der Waals surface area contributed by atoms with Gasteiger partial charge in [0.2, 0.25) is 5.91 Å². The highest BCUT2D eigenvalue weighted by Gasteiger charge is 2.04. The van der Waals surface area contributed by atoms with Crippen molar-refractivity contribution < 1.29 is 9.63 Å². The molecule has 0 N–H and O–H groups in total. The summed E-state index contributed by atoms with van der Waals surface area (Å²) in [5, 5.41) is 1.10. The van der Waals surface area contributed by atoms with Crippen molar-refractivity contribution in [3.05, 3.63) is 0 Å². The van der Waals surface area contributed by atoms with Crippen molar-refractivity contribution in [1.29, 1.82) is 0 Å². The van der Waals surface area contributed by atoms with Crippen LogP contribution in [0.5, 0.6) is 0 Å². The van der Waals surface area contributed by atoms with E-state index < -0.39 is 0 Å². The molecule has 0 radical (unpaired) electrons. The summed E-state index contributed by atoms with van der Waals surface area (Å²) in [5.74, 6) is -0.174. The number of hydrogen-bond donors (Lipinski definition) is 0. The van der Waals surface area contributed by atoms with Crippen LogP contribution in [-0.4, -0.2) is 23.6 Å². The normalized spacial score (nSPS) is 9.22. The molecule has 0 spiro atoms. The summed E-state index contributed by atoms with van der Waals surface area (Å²) in [6.45, 7) is 3.66. The molecule has 0 aliphatic rings. The molecule has 0 fully saturated rings. The summed E-state index contributed by atoms with van der Waals surface area (Å²) < 4.78 is 0. The molecule has 0 bridgehead atoms. The van der Waals surface area contributed by atoms with Crippen LogP contribution < -0.4 is 0 Å². The Morgan fingerprint density at radius 3 is 2.44 bits per heavy atom. The number of hydroxylamine groups is 2. The summed E-state index contributed by atoms with van der Waals surface area (Å²) in [7, 11) is 0. The summed E-state index contributed by atoms with van der Waals surface area (Å²) in [6, 6.07) is 0.0865. The maximum Gasteiger partial charge on any atom is 0.244 e. The van der Waals surface area contributed by atoms with E-state index in [9.17, 15) is 4.79 Å². The Hall–Kier alpha value is -0.280. The van der Waals surface area contributed by atoms with Gasteiger partial charge in [-0.15, -0.1) is 11.6 Å². The maximum atomic E-state index is 10.5. The Balaban J connectivity index is 3.54. The van der Waals surface area contributed by atoms with Gasteiger partial charge in [-0.05, 0) is 6.92 Å². The first-order valence-electron chi connectivity index (χ1n) is 2.69. The molecular weight excluding hydrogens is 142 g/mol. The van der Waals surface area contributed by atoms with Crippen molar-refractivity contribution in [3.63, 3.8) is 0 Å². The summed E-state index contributed by atoms with van der Waals surface area (Å²) >= 11 is 5.32. The summed E-state index contributed by atoms with van der Waals surface area (Å²) in [6.07, 6.45) is 0. The smallest absolute Gasteiger partial charge is 0.244 e. The Morgan fingerprint density at radius 2 is 2.33 bits per heavy atom. The van der Waals surface area contributed by atoms with E-state index in [1.165, 1.54) is 6.92 Å². The minimum atomic E-state index is -0.174. The van der Waals surface area contributed by atoms with Crippen LogP contribution >= 0.6 is 11.6 Å². The first-order valence-corrected chi connectivity index (χ1v) is 3.22. The molecule has 3 nitrogen and oxygen atoms in total.